The maximum atomic E-state index is 12.6. The summed E-state index contributed by atoms with van der Waals surface area (Å²) in [5, 5.41) is 0. The van der Waals surface area contributed by atoms with Crippen LogP contribution in [0, 0.1) is 0 Å². The number of carbonyl (C=O) groups excluding carboxylic acids is 1. The van der Waals surface area contributed by atoms with Crippen molar-refractivity contribution < 1.29 is 4.79 Å². The molecule has 21 heavy (non-hydrogen) atoms. The van der Waals surface area contributed by atoms with Gasteiger partial charge in [-0.1, -0.05) is 13.3 Å². The second-order valence-corrected chi connectivity index (χ2v) is 6.68. The third-order valence-corrected chi connectivity index (χ3v) is 4.33. The van der Waals surface area contributed by atoms with Gasteiger partial charge in [0.15, 0.2) is 0 Å². The summed E-state index contributed by atoms with van der Waals surface area (Å²) in [5.74, 6) is 0.243. The normalized spacial score (nSPS) is 19.0. The van der Waals surface area contributed by atoms with Crippen LogP contribution in [0.15, 0.2) is 0 Å². The second kappa shape index (κ2) is 9.38. The van der Waals surface area contributed by atoms with Crippen molar-refractivity contribution in [3.05, 3.63) is 0 Å². The molecule has 1 heterocycles. The van der Waals surface area contributed by atoms with Crippen LogP contribution in [0.25, 0.3) is 0 Å². The predicted molar refractivity (Wildman–Crippen MR) is 88.3 cm³/mol. The van der Waals surface area contributed by atoms with E-state index >= 15 is 0 Å². The second-order valence-electron chi connectivity index (χ2n) is 6.68. The van der Waals surface area contributed by atoms with Crippen LogP contribution in [0.3, 0.4) is 0 Å². The number of nitrogens with zero attached hydrogens (tertiary/aromatic N) is 3. The first-order valence-corrected chi connectivity index (χ1v) is 8.32. The zero-order chi connectivity index (χ0) is 15.8. The molecule has 5 nitrogen and oxygen atoms in total. The lowest BCUT2D eigenvalue weighted by Gasteiger charge is -2.38. The monoisotopic (exact) mass is 298 g/mol. The Kier molecular flexibility index (Phi) is 8.22. The van der Waals surface area contributed by atoms with E-state index in [4.69, 9.17) is 5.73 Å². The van der Waals surface area contributed by atoms with Crippen molar-refractivity contribution in [2.45, 2.75) is 51.1 Å². The maximum absolute atomic E-state index is 12.6. The standard InChI is InChI=1S/C16H34N4O/c1-5-6-14(17)13-16(21)20(12-11-18(2)3)15-7-9-19(4)10-8-15/h14-15H,5-13,17H2,1-4H3. The van der Waals surface area contributed by atoms with E-state index in [0.29, 0.717) is 12.5 Å². The molecule has 1 saturated heterocycles. The molecule has 0 aromatic carbocycles. The molecular formula is C16H34N4O. The Balaban J connectivity index is 2.60. The molecule has 0 radical (unpaired) electrons. The fourth-order valence-electron chi connectivity index (χ4n) is 2.94. The highest BCUT2D eigenvalue weighted by molar-refractivity contribution is 5.77. The Labute approximate surface area is 130 Å². The van der Waals surface area contributed by atoms with Gasteiger partial charge < -0.3 is 20.4 Å². The van der Waals surface area contributed by atoms with Gasteiger partial charge in [-0.3, -0.25) is 4.79 Å². The fraction of sp³-hybridized carbons (Fsp3) is 0.938. The van der Waals surface area contributed by atoms with Gasteiger partial charge in [-0.15, -0.1) is 0 Å². The molecule has 0 saturated carbocycles. The SMILES string of the molecule is CCCC(N)CC(=O)N(CCN(C)C)C1CCN(C)CC1. The smallest absolute Gasteiger partial charge is 0.224 e. The number of amides is 1. The highest BCUT2D eigenvalue weighted by Gasteiger charge is 2.27. The zero-order valence-corrected chi connectivity index (χ0v) is 14.3. The van der Waals surface area contributed by atoms with Crippen molar-refractivity contribution in [1.82, 2.24) is 14.7 Å². The molecule has 0 aromatic heterocycles. The van der Waals surface area contributed by atoms with Crippen molar-refractivity contribution in [2.24, 2.45) is 5.73 Å². The highest BCUT2D eigenvalue weighted by atomic mass is 16.2. The third kappa shape index (κ3) is 6.76. The van der Waals surface area contributed by atoms with Crippen molar-refractivity contribution >= 4 is 5.91 Å². The summed E-state index contributed by atoms with van der Waals surface area (Å²) in [6.07, 6.45) is 4.63. The van der Waals surface area contributed by atoms with Crippen molar-refractivity contribution in [3.8, 4) is 0 Å². The van der Waals surface area contributed by atoms with E-state index in [1.807, 2.05) is 0 Å². The Hall–Kier alpha value is -0.650. The van der Waals surface area contributed by atoms with Gasteiger partial charge in [0, 0.05) is 31.6 Å². The average molecular weight is 298 g/mol. The van der Waals surface area contributed by atoms with Crippen LogP contribution in [-0.2, 0) is 4.79 Å². The number of piperidine rings is 1. The molecule has 2 N–H and O–H groups in total. The first-order chi connectivity index (χ1) is 9.93. The minimum absolute atomic E-state index is 0.00983. The number of likely N-dealkylation sites (tertiary alicyclic amines) is 1. The summed E-state index contributed by atoms with van der Waals surface area (Å²) in [5.41, 5.74) is 6.06. The van der Waals surface area contributed by atoms with Crippen LogP contribution >= 0.6 is 0 Å². The van der Waals surface area contributed by atoms with Gasteiger partial charge >= 0.3 is 0 Å². The van der Waals surface area contributed by atoms with Gasteiger partial charge in [0.25, 0.3) is 0 Å². The van der Waals surface area contributed by atoms with Gasteiger partial charge in [0.05, 0.1) is 0 Å². The van der Waals surface area contributed by atoms with E-state index in [-0.39, 0.29) is 11.9 Å². The lowest BCUT2D eigenvalue weighted by molar-refractivity contribution is -0.135. The van der Waals surface area contributed by atoms with Crippen LogP contribution in [0.2, 0.25) is 0 Å². The molecule has 1 aliphatic heterocycles. The summed E-state index contributed by atoms with van der Waals surface area (Å²) < 4.78 is 0. The van der Waals surface area contributed by atoms with Crippen LogP contribution < -0.4 is 5.73 Å². The number of carbonyl (C=O) groups is 1. The Bertz CT molecular complexity index is 301. The fourth-order valence-corrected chi connectivity index (χ4v) is 2.94. The topological polar surface area (TPSA) is 52.8 Å². The summed E-state index contributed by atoms with van der Waals surface area (Å²) in [7, 11) is 6.26. The van der Waals surface area contributed by atoms with E-state index in [0.717, 1.165) is 51.9 Å². The van der Waals surface area contributed by atoms with Gasteiger partial charge in [-0.2, -0.15) is 0 Å². The number of rotatable bonds is 8. The first-order valence-electron chi connectivity index (χ1n) is 8.32. The maximum Gasteiger partial charge on any atom is 0.224 e. The Morgan fingerprint density at radius 2 is 1.90 bits per heavy atom. The molecule has 0 aliphatic carbocycles. The van der Waals surface area contributed by atoms with Gasteiger partial charge in [0.1, 0.15) is 0 Å². The van der Waals surface area contributed by atoms with Crippen molar-refractivity contribution in [3.63, 3.8) is 0 Å². The Morgan fingerprint density at radius 1 is 1.29 bits per heavy atom. The minimum Gasteiger partial charge on any atom is -0.338 e. The first kappa shape index (κ1) is 18.4. The van der Waals surface area contributed by atoms with Crippen LogP contribution in [0.4, 0.5) is 0 Å². The molecule has 1 atom stereocenters. The molecule has 0 spiro atoms. The molecule has 1 rings (SSSR count). The molecule has 1 unspecified atom stereocenters. The Morgan fingerprint density at radius 3 is 2.43 bits per heavy atom. The molecule has 1 amide bonds. The molecule has 0 bridgehead atoms. The van der Waals surface area contributed by atoms with Crippen molar-refractivity contribution in [2.75, 3.05) is 47.3 Å². The molecule has 5 heteroatoms. The number of hydrogen-bond acceptors (Lipinski definition) is 4. The highest BCUT2D eigenvalue weighted by Crippen LogP contribution is 2.17. The lowest BCUT2D eigenvalue weighted by Crippen LogP contribution is -2.49. The van der Waals surface area contributed by atoms with Gasteiger partial charge in [-0.25, -0.2) is 0 Å². The number of nitrogens with two attached hydrogens (primary N) is 1. The largest absolute Gasteiger partial charge is 0.338 e. The molecule has 0 aromatic rings. The molecule has 124 valence electrons. The van der Waals surface area contributed by atoms with E-state index in [1.54, 1.807) is 0 Å². The number of hydrogen-bond donors (Lipinski definition) is 1. The van der Waals surface area contributed by atoms with E-state index in [2.05, 4.69) is 42.8 Å². The van der Waals surface area contributed by atoms with Crippen LogP contribution in [0.1, 0.15) is 39.0 Å². The number of likely N-dealkylation sites (N-methyl/N-ethyl adjacent to an activating group) is 1. The molecule has 1 fully saturated rings. The van der Waals surface area contributed by atoms with E-state index in [1.165, 1.54) is 0 Å². The third-order valence-electron chi connectivity index (χ3n) is 4.33. The quantitative estimate of drug-likeness (QED) is 0.726. The van der Waals surface area contributed by atoms with E-state index in [9.17, 15) is 4.79 Å². The van der Waals surface area contributed by atoms with Gasteiger partial charge in [0.2, 0.25) is 5.91 Å². The van der Waals surface area contributed by atoms with Crippen LogP contribution in [0.5, 0.6) is 0 Å². The predicted octanol–water partition coefficient (Wildman–Crippen LogP) is 0.988. The summed E-state index contributed by atoms with van der Waals surface area (Å²) >= 11 is 0. The van der Waals surface area contributed by atoms with Crippen LogP contribution in [-0.4, -0.2) is 80.0 Å². The van der Waals surface area contributed by atoms with E-state index < -0.39 is 0 Å². The zero-order valence-electron chi connectivity index (χ0n) is 14.3. The summed E-state index contributed by atoms with van der Waals surface area (Å²) in [6.45, 7) is 6.01. The lowest BCUT2D eigenvalue weighted by atomic mass is 10.0. The summed E-state index contributed by atoms with van der Waals surface area (Å²) in [6, 6.07) is 0.401. The summed E-state index contributed by atoms with van der Waals surface area (Å²) in [4.78, 5) is 19.2. The molecular weight excluding hydrogens is 264 g/mol. The minimum atomic E-state index is 0.00983. The van der Waals surface area contributed by atoms with Gasteiger partial charge in [-0.05, 0) is 53.5 Å². The van der Waals surface area contributed by atoms with Crippen molar-refractivity contribution in [1.29, 1.82) is 0 Å². The molecule has 1 aliphatic rings. The average Bonchev–Trinajstić information content (AvgIpc) is 2.40.